The molecule has 1 aromatic carbocycles. The minimum Gasteiger partial charge on any atom is -0.385 e. The summed E-state index contributed by atoms with van der Waals surface area (Å²) in [5, 5.41) is 18.3. The number of carbonyl (C=O) groups excluding carboxylic acids is 2. The Labute approximate surface area is 226 Å². The Bertz CT molecular complexity index is 882. The third-order valence-electron chi connectivity index (χ3n) is 8.23. The van der Waals surface area contributed by atoms with Crippen LogP contribution in [0.2, 0.25) is 0 Å². The summed E-state index contributed by atoms with van der Waals surface area (Å²) in [6.45, 7) is 2.16. The number of nitrogens with two attached hydrogens (primary N) is 1. The second-order valence-electron chi connectivity index (χ2n) is 11.2. The molecule has 5 N–H and O–H groups in total. The Balaban J connectivity index is 1.68. The standard InChI is InChI=1S/C29H47FN4O4/c1-38-16-6-5-14-29(37,23-11-7-13-25(30)18-23)24-12-8-15-34(21-24)28(36)33-26(19-32-20-27(31)35)17-22-9-3-2-4-10-22/h7,11,13,18,22,24,26,32,37H,2-6,8-10,12,14-17,19-21H2,1H3,(H2,31,35)(H,33,36)/t24-,26?,29-/m1/s1. The van der Waals surface area contributed by atoms with Gasteiger partial charge < -0.3 is 31.1 Å². The average molecular weight is 535 g/mol. The van der Waals surface area contributed by atoms with E-state index in [1.807, 2.05) is 0 Å². The van der Waals surface area contributed by atoms with Crippen molar-refractivity contribution in [3.05, 3.63) is 35.6 Å². The van der Waals surface area contributed by atoms with E-state index in [1.165, 1.54) is 31.4 Å². The predicted molar refractivity (Wildman–Crippen MR) is 146 cm³/mol. The number of halogens is 1. The van der Waals surface area contributed by atoms with Crippen molar-refractivity contribution in [2.75, 3.05) is 39.9 Å². The van der Waals surface area contributed by atoms with Gasteiger partial charge >= 0.3 is 6.03 Å². The third kappa shape index (κ3) is 9.20. The van der Waals surface area contributed by atoms with E-state index in [4.69, 9.17) is 10.5 Å². The lowest BCUT2D eigenvalue weighted by atomic mass is 9.74. The number of hydrogen-bond acceptors (Lipinski definition) is 5. The number of likely N-dealkylation sites (tertiary alicyclic amines) is 1. The van der Waals surface area contributed by atoms with Gasteiger partial charge in [0.15, 0.2) is 0 Å². The summed E-state index contributed by atoms with van der Waals surface area (Å²) in [6.07, 6.45) is 10.4. The Morgan fingerprint density at radius 3 is 2.71 bits per heavy atom. The Morgan fingerprint density at radius 1 is 1.21 bits per heavy atom. The molecule has 1 unspecified atom stereocenters. The fourth-order valence-electron chi connectivity index (χ4n) is 6.19. The number of nitrogens with one attached hydrogen (secondary N) is 2. The monoisotopic (exact) mass is 534 g/mol. The Hall–Kier alpha value is -2.23. The van der Waals surface area contributed by atoms with E-state index < -0.39 is 11.5 Å². The van der Waals surface area contributed by atoms with Crippen LogP contribution in [0.15, 0.2) is 24.3 Å². The first-order valence-corrected chi connectivity index (χ1v) is 14.3. The van der Waals surface area contributed by atoms with Crippen molar-refractivity contribution in [3.8, 4) is 0 Å². The van der Waals surface area contributed by atoms with Crippen molar-refractivity contribution in [1.29, 1.82) is 0 Å². The number of hydrogen-bond donors (Lipinski definition) is 4. The lowest BCUT2D eigenvalue weighted by Crippen LogP contribution is -2.54. The zero-order chi connectivity index (χ0) is 27.4. The molecule has 1 aliphatic heterocycles. The number of aliphatic hydroxyl groups is 1. The van der Waals surface area contributed by atoms with Gasteiger partial charge in [-0.05, 0) is 62.1 Å². The number of benzene rings is 1. The molecule has 1 aromatic rings. The summed E-state index contributed by atoms with van der Waals surface area (Å²) < 4.78 is 19.3. The predicted octanol–water partition coefficient (Wildman–Crippen LogP) is 3.67. The van der Waals surface area contributed by atoms with Gasteiger partial charge in [-0.15, -0.1) is 0 Å². The first-order valence-electron chi connectivity index (χ1n) is 14.3. The number of nitrogens with zero attached hydrogens (tertiary/aromatic N) is 1. The van der Waals surface area contributed by atoms with Crippen molar-refractivity contribution in [1.82, 2.24) is 15.5 Å². The largest absolute Gasteiger partial charge is 0.385 e. The van der Waals surface area contributed by atoms with Crippen molar-refractivity contribution < 1.29 is 23.8 Å². The highest BCUT2D eigenvalue weighted by molar-refractivity contribution is 5.76. The molecule has 0 bridgehead atoms. The van der Waals surface area contributed by atoms with Crippen molar-refractivity contribution in [2.24, 2.45) is 17.6 Å². The minimum atomic E-state index is -1.24. The molecule has 214 valence electrons. The smallest absolute Gasteiger partial charge is 0.317 e. The van der Waals surface area contributed by atoms with E-state index in [0.717, 1.165) is 44.9 Å². The molecule has 3 rings (SSSR count). The number of urea groups is 1. The zero-order valence-corrected chi connectivity index (χ0v) is 22.9. The maximum absolute atomic E-state index is 14.2. The maximum atomic E-state index is 14.2. The van der Waals surface area contributed by atoms with Crippen molar-refractivity contribution in [2.45, 2.75) is 82.3 Å². The Morgan fingerprint density at radius 2 is 2.00 bits per heavy atom. The summed E-state index contributed by atoms with van der Waals surface area (Å²) in [5.74, 6) is -0.453. The van der Waals surface area contributed by atoms with Crippen molar-refractivity contribution >= 4 is 11.9 Å². The zero-order valence-electron chi connectivity index (χ0n) is 22.9. The molecule has 0 radical (unpaired) electrons. The van der Waals surface area contributed by atoms with E-state index >= 15 is 0 Å². The number of methoxy groups -OCH3 is 1. The van der Waals surface area contributed by atoms with Gasteiger partial charge in [0.05, 0.1) is 12.1 Å². The second-order valence-corrected chi connectivity index (χ2v) is 11.2. The van der Waals surface area contributed by atoms with Gasteiger partial charge in [0.2, 0.25) is 5.91 Å². The third-order valence-corrected chi connectivity index (χ3v) is 8.23. The maximum Gasteiger partial charge on any atom is 0.317 e. The molecular formula is C29H47FN4O4. The fraction of sp³-hybridized carbons (Fsp3) is 0.724. The number of piperidine rings is 1. The molecule has 3 amide bonds. The average Bonchev–Trinajstić information content (AvgIpc) is 2.91. The van der Waals surface area contributed by atoms with Gasteiger partial charge in [0.25, 0.3) is 0 Å². The molecule has 0 aromatic heterocycles. The number of unbranched alkanes of at least 4 members (excludes halogenated alkanes) is 1. The molecule has 38 heavy (non-hydrogen) atoms. The number of rotatable bonds is 14. The van der Waals surface area contributed by atoms with Crippen LogP contribution in [0.25, 0.3) is 0 Å². The summed E-state index contributed by atoms with van der Waals surface area (Å²) in [6, 6.07) is 5.95. The Kier molecular flexibility index (Phi) is 12.3. The van der Waals surface area contributed by atoms with Gasteiger partial charge in [-0.2, -0.15) is 0 Å². The van der Waals surface area contributed by atoms with Crippen LogP contribution in [0.3, 0.4) is 0 Å². The second kappa shape index (κ2) is 15.4. The van der Waals surface area contributed by atoms with Crippen LogP contribution in [-0.4, -0.2) is 67.9 Å². The molecule has 1 saturated carbocycles. The highest BCUT2D eigenvalue weighted by Crippen LogP contribution is 2.40. The summed E-state index contributed by atoms with van der Waals surface area (Å²) in [7, 11) is 1.65. The number of ether oxygens (including phenoxy) is 1. The van der Waals surface area contributed by atoms with E-state index in [0.29, 0.717) is 44.1 Å². The van der Waals surface area contributed by atoms with Crippen molar-refractivity contribution in [3.63, 3.8) is 0 Å². The molecular weight excluding hydrogens is 487 g/mol. The summed E-state index contributed by atoms with van der Waals surface area (Å²) in [4.78, 5) is 26.5. The molecule has 2 aliphatic rings. The highest BCUT2D eigenvalue weighted by atomic mass is 19.1. The summed E-state index contributed by atoms with van der Waals surface area (Å²) >= 11 is 0. The van der Waals surface area contributed by atoms with Crippen LogP contribution in [0.4, 0.5) is 9.18 Å². The molecule has 8 nitrogen and oxygen atoms in total. The molecule has 2 fully saturated rings. The summed E-state index contributed by atoms with van der Waals surface area (Å²) in [5.41, 5.74) is 4.62. The van der Waals surface area contributed by atoms with Crippen LogP contribution in [0.1, 0.15) is 76.2 Å². The lowest BCUT2D eigenvalue weighted by Gasteiger charge is -2.43. The van der Waals surface area contributed by atoms with E-state index in [9.17, 15) is 19.1 Å². The van der Waals surface area contributed by atoms with Gasteiger partial charge in [-0.25, -0.2) is 9.18 Å². The molecule has 0 spiro atoms. The fourth-order valence-corrected chi connectivity index (χ4v) is 6.19. The van der Waals surface area contributed by atoms with E-state index in [1.54, 1.807) is 24.1 Å². The van der Waals surface area contributed by atoms with Crippen LogP contribution in [0, 0.1) is 17.7 Å². The number of primary amides is 1. The first kappa shape index (κ1) is 30.3. The van der Waals surface area contributed by atoms with Crippen LogP contribution in [-0.2, 0) is 15.1 Å². The lowest BCUT2D eigenvalue weighted by molar-refractivity contribution is -0.117. The van der Waals surface area contributed by atoms with E-state index in [2.05, 4.69) is 10.6 Å². The van der Waals surface area contributed by atoms with E-state index in [-0.39, 0.29) is 30.4 Å². The van der Waals surface area contributed by atoms with Gasteiger partial charge in [-0.1, -0.05) is 44.2 Å². The molecule has 3 atom stereocenters. The first-order chi connectivity index (χ1) is 18.3. The van der Waals surface area contributed by atoms with Gasteiger partial charge in [-0.3, -0.25) is 4.79 Å². The van der Waals surface area contributed by atoms with Crippen LogP contribution >= 0.6 is 0 Å². The highest BCUT2D eigenvalue weighted by Gasteiger charge is 2.41. The quantitative estimate of drug-likeness (QED) is 0.272. The number of carbonyl (C=O) groups is 2. The minimum absolute atomic E-state index is 0.0760. The molecule has 1 heterocycles. The van der Waals surface area contributed by atoms with Crippen LogP contribution < -0.4 is 16.4 Å². The van der Waals surface area contributed by atoms with Crippen LogP contribution in [0.5, 0.6) is 0 Å². The normalized spacial score (nSPS) is 21.0. The van der Waals surface area contributed by atoms with Gasteiger partial charge in [0, 0.05) is 45.3 Å². The SMILES string of the molecule is COCCCC[C@@](O)(c1cccc(F)c1)[C@@H]1CCCN(C(=O)NC(CNCC(N)=O)CC2CCCCC2)C1. The van der Waals surface area contributed by atoms with Gasteiger partial charge in [0.1, 0.15) is 5.82 Å². The molecule has 1 saturated heterocycles. The molecule has 1 aliphatic carbocycles. The topological polar surface area (TPSA) is 117 Å². The molecule has 9 heteroatoms. The number of amides is 3.